The van der Waals surface area contributed by atoms with Gasteiger partial charge < -0.3 is 19.3 Å². The van der Waals surface area contributed by atoms with Crippen LogP contribution >= 0.6 is 0 Å². The van der Waals surface area contributed by atoms with E-state index in [1.807, 2.05) is 0 Å². The van der Waals surface area contributed by atoms with Gasteiger partial charge in [0, 0.05) is 35.9 Å². The molecule has 0 aromatic heterocycles. The first kappa shape index (κ1) is 20.6. The molecule has 1 aromatic carbocycles. The van der Waals surface area contributed by atoms with Gasteiger partial charge in [0.25, 0.3) is 0 Å². The average Bonchev–Trinajstić information content (AvgIpc) is 3.25. The quantitative estimate of drug-likeness (QED) is 0.745. The van der Waals surface area contributed by atoms with Crippen LogP contribution in [0.3, 0.4) is 0 Å². The van der Waals surface area contributed by atoms with E-state index in [9.17, 15) is 14.7 Å². The van der Waals surface area contributed by atoms with E-state index < -0.39 is 17.8 Å². The van der Waals surface area contributed by atoms with Crippen LogP contribution in [0, 0.1) is 5.92 Å². The van der Waals surface area contributed by atoms with E-state index in [0.29, 0.717) is 42.0 Å². The van der Waals surface area contributed by atoms with Gasteiger partial charge >= 0.3 is 5.97 Å². The molecule has 30 heavy (non-hydrogen) atoms. The molecule has 0 bridgehead atoms. The number of ether oxygens (including phenoxy) is 3. The molecule has 7 heteroatoms. The summed E-state index contributed by atoms with van der Waals surface area (Å²) >= 11 is 0. The van der Waals surface area contributed by atoms with Crippen molar-refractivity contribution in [3.8, 4) is 11.5 Å². The lowest BCUT2D eigenvalue weighted by Crippen LogP contribution is -2.38. The van der Waals surface area contributed by atoms with Gasteiger partial charge in [0.05, 0.1) is 13.2 Å². The number of rotatable bonds is 5. The molecule has 1 aromatic rings. The van der Waals surface area contributed by atoms with Gasteiger partial charge in [0.15, 0.2) is 17.3 Å². The molecule has 7 nitrogen and oxygen atoms in total. The Bertz CT molecular complexity index is 912. The van der Waals surface area contributed by atoms with Crippen LogP contribution in [-0.2, 0) is 19.1 Å². The number of hydrogen-bond acceptors (Lipinski definition) is 7. The number of phenols is 1. The van der Waals surface area contributed by atoms with Crippen molar-refractivity contribution in [1.82, 2.24) is 0 Å². The lowest BCUT2D eigenvalue weighted by molar-refractivity contribution is -0.149. The number of Topliss-reactive ketones (excluding diaryl/α,β-unsaturated/α-hetero) is 1. The Morgan fingerprint density at radius 1 is 1.30 bits per heavy atom. The zero-order chi connectivity index (χ0) is 21.3. The summed E-state index contributed by atoms with van der Waals surface area (Å²) in [6.45, 7) is 2.69. The second-order valence-corrected chi connectivity index (χ2v) is 8.04. The van der Waals surface area contributed by atoms with E-state index in [2.05, 4.69) is 4.99 Å². The molecule has 0 spiro atoms. The molecule has 0 saturated carbocycles. The number of esters is 1. The predicted octanol–water partition coefficient (Wildman–Crippen LogP) is 3.30. The number of aromatic hydroxyl groups is 1. The minimum absolute atomic E-state index is 0.00438. The highest BCUT2D eigenvalue weighted by Gasteiger charge is 2.43. The van der Waals surface area contributed by atoms with E-state index in [4.69, 9.17) is 14.2 Å². The molecule has 1 aliphatic carbocycles. The SMILES string of the molecule is COc1ccc([C@@H]2C3=C(CCCC3=O)N=C(C)C2C(=O)OC[C@H]2CCCO2)cc1O. The van der Waals surface area contributed by atoms with E-state index in [1.54, 1.807) is 25.1 Å². The number of hydrogen-bond donors (Lipinski definition) is 1. The molecule has 0 radical (unpaired) electrons. The van der Waals surface area contributed by atoms with Crippen LogP contribution in [0.15, 0.2) is 34.5 Å². The zero-order valence-corrected chi connectivity index (χ0v) is 17.3. The molecule has 3 aliphatic rings. The van der Waals surface area contributed by atoms with Crippen LogP contribution in [0.5, 0.6) is 11.5 Å². The number of phenolic OH excluding ortho intramolecular Hbond substituents is 1. The molecule has 1 fully saturated rings. The molecular formula is C23H27NO6. The zero-order valence-electron chi connectivity index (χ0n) is 17.3. The van der Waals surface area contributed by atoms with Crippen molar-refractivity contribution in [3.63, 3.8) is 0 Å². The molecular weight excluding hydrogens is 386 g/mol. The van der Waals surface area contributed by atoms with Crippen LogP contribution in [0.25, 0.3) is 0 Å². The maximum Gasteiger partial charge on any atom is 0.315 e. The molecule has 2 heterocycles. The Morgan fingerprint density at radius 3 is 2.83 bits per heavy atom. The number of carbonyl (C=O) groups is 2. The van der Waals surface area contributed by atoms with E-state index in [1.165, 1.54) is 7.11 Å². The van der Waals surface area contributed by atoms with Crippen molar-refractivity contribution in [1.29, 1.82) is 0 Å². The van der Waals surface area contributed by atoms with Crippen molar-refractivity contribution in [2.24, 2.45) is 10.9 Å². The maximum absolute atomic E-state index is 13.2. The van der Waals surface area contributed by atoms with Gasteiger partial charge in [-0.25, -0.2) is 0 Å². The Balaban J connectivity index is 1.70. The van der Waals surface area contributed by atoms with Crippen LogP contribution in [-0.4, -0.2) is 49.0 Å². The standard InChI is InChI=1S/C23H27NO6/c1-13-20(23(27)30-12-15-5-4-10-29-15)21(14-8-9-19(28-2)18(26)11-14)22-16(24-13)6-3-7-17(22)25/h8-9,11,15,20-21,26H,3-7,10,12H2,1-2H3/t15-,20?,21+/m1/s1. The van der Waals surface area contributed by atoms with Gasteiger partial charge in [-0.3, -0.25) is 14.6 Å². The van der Waals surface area contributed by atoms with Crippen molar-refractivity contribution in [2.45, 2.75) is 51.0 Å². The number of benzene rings is 1. The summed E-state index contributed by atoms with van der Waals surface area (Å²) in [4.78, 5) is 30.7. The third-order valence-electron chi connectivity index (χ3n) is 6.09. The highest BCUT2D eigenvalue weighted by Crippen LogP contribution is 2.45. The molecule has 1 unspecified atom stereocenters. The van der Waals surface area contributed by atoms with Crippen LogP contribution < -0.4 is 4.74 Å². The van der Waals surface area contributed by atoms with Crippen LogP contribution in [0.4, 0.5) is 0 Å². The van der Waals surface area contributed by atoms with Gasteiger partial charge in [0.1, 0.15) is 12.5 Å². The molecule has 160 valence electrons. The van der Waals surface area contributed by atoms with Gasteiger partial charge in [0.2, 0.25) is 0 Å². The monoisotopic (exact) mass is 413 g/mol. The van der Waals surface area contributed by atoms with Crippen molar-refractivity contribution in [2.75, 3.05) is 20.3 Å². The Labute approximate surface area is 175 Å². The smallest absolute Gasteiger partial charge is 0.315 e. The summed E-state index contributed by atoms with van der Waals surface area (Å²) < 4.78 is 16.3. The number of nitrogens with zero attached hydrogens (tertiary/aromatic N) is 1. The fourth-order valence-electron chi connectivity index (χ4n) is 4.61. The van der Waals surface area contributed by atoms with Crippen molar-refractivity contribution >= 4 is 17.5 Å². The summed E-state index contributed by atoms with van der Waals surface area (Å²) in [7, 11) is 1.47. The second-order valence-electron chi connectivity index (χ2n) is 8.04. The fraction of sp³-hybridized carbons (Fsp3) is 0.522. The summed E-state index contributed by atoms with van der Waals surface area (Å²) in [6.07, 6.45) is 3.64. The number of carbonyl (C=O) groups excluding carboxylic acids is 2. The van der Waals surface area contributed by atoms with Gasteiger partial charge in [-0.2, -0.15) is 0 Å². The topological polar surface area (TPSA) is 94.4 Å². The minimum atomic E-state index is -0.722. The highest BCUT2D eigenvalue weighted by molar-refractivity contribution is 6.08. The van der Waals surface area contributed by atoms with E-state index in [-0.39, 0.29) is 24.2 Å². The lowest BCUT2D eigenvalue weighted by atomic mass is 9.71. The predicted molar refractivity (Wildman–Crippen MR) is 110 cm³/mol. The van der Waals surface area contributed by atoms with E-state index >= 15 is 0 Å². The number of aliphatic imine (C=N–C) groups is 1. The highest BCUT2D eigenvalue weighted by atomic mass is 16.6. The van der Waals surface area contributed by atoms with Gasteiger partial charge in [-0.15, -0.1) is 0 Å². The minimum Gasteiger partial charge on any atom is -0.504 e. The molecule has 1 N–H and O–H groups in total. The maximum atomic E-state index is 13.2. The summed E-state index contributed by atoms with van der Waals surface area (Å²) in [5.41, 5.74) is 2.60. The van der Waals surface area contributed by atoms with Crippen LogP contribution in [0.1, 0.15) is 50.5 Å². The summed E-state index contributed by atoms with van der Waals surface area (Å²) in [6, 6.07) is 5.00. The second kappa shape index (κ2) is 8.60. The molecule has 1 saturated heterocycles. The number of methoxy groups -OCH3 is 1. The first-order valence-electron chi connectivity index (χ1n) is 10.5. The summed E-state index contributed by atoms with van der Waals surface area (Å²) in [5, 5.41) is 10.3. The number of ketones is 1. The molecule has 3 atom stereocenters. The summed E-state index contributed by atoms with van der Waals surface area (Å²) in [5.74, 6) is -1.38. The third kappa shape index (κ3) is 3.86. The molecule has 0 amide bonds. The third-order valence-corrected chi connectivity index (χ3v) is 6.09. The average molecular weight is 413 g/mol. The van der Waals surface area contributed by atoms with Crippen LogP contribution in [0.2, 0.25) is 0 Å². The van der Waals surface area contributed by atoms with Gasteiger partial charge in [-0.05, 0) is 50.3 Å². The van der Waals surface area contributed by atoms with Crippen molar-refractivity contribution < 1.29 is 28.9 Å². The van der Waals surface area contributed by atoms with E-state index in [0.717, 1.165) is 25.0 Å². The first-order valence-corrected chi connectivity index (χ1v) is 10.5. The Kier molecular flexibility index (Phi) is 5.90. The normalized spacial score (nSPS) is 26.3. The number of allylic oxidation sites excluding steroid dienone is 2. The molecule has 2 aliphatic heterocycles. The Hall–Kier alpha value is -2.67. The van der Waals surface area contributed by atoms with Crippen molar-refractivity contribution in [3.05, 3.63) is 35.0 Å². The first-order chi connectivity index (χ1) is 14.5. The largest absolute Gasteiger partial charge is 0.504 e. The molecule has 4 rings (SSSR count). The van der Waals surface area contributed by atoms with Gasteiger partial charge in [-0.1, -0.05) is 6.07 Å². The Morgan fingerprint density at radius 2 is 2.13 bits per heavy atom. The fourth-order valence-corrected chi connectivity index (χ4v) is 4.61. The lowest BCUT2D eigenvalue weighted by Gasteiger charge is -2.34.